The van der Waals surface area contributed by atoms with E-state index in [1.807, 2.05) is 0 Å². The minimum Gasteiger partial charge on any atom is -0.363 e. The zero-order valence-corrected chi connectivity index (χ0v) is 5.11. The smallest absolute Gasteiger partial charge is 0.211 e. The zero-order valence-electron chi connectivity index (χ0n) is 5.11. The van der Waals surface area contributed by atoms with Crippen molar-refractivity contribution in [2.24, 2.45) is 0 Å². The second kappa shape index (κ2) is 1.70. The Balaban J connectivity index is 3.09. The first-order valence-electron chi connectivity index (χ1n) is 2.84. The van der Waals surface area contributed by atoms with Crippen molar-refractivity contribution >= 4 is 5.52 Å². The number of hydrogen-bond donors (Lipinski definition) is 1. The Hall–Kier alpha value is -1.58. The fraction of sp³-hybridized carbons (Fsp3) is 0. The molecule has 2 aromatic rings. The van der Waals surface area contributed by atoms with Crippen LogP contribution >= 0.6 is 0 Å². The summed E-state index contributed by atoms with van der Waals surface area (Å²) < 4.78 is 6.41. The number of nitrogens with zero attached hydrogens (tertiary/aromatic N) is 2. The maximum absolute atomic E-state index is 7.29. The van der Waals surface area contributed by atoms with Gasteiger partial charge in [0, 0.05) is 6.20 Å². The summed E-state index contributed by atoms with van der Waals surface area (Å²) in [6.07, 6.45) is 2.98. The Morgan fingerprint density at radius 1 is 1.60 bits per heavy atom. The van der Waals surface area contributed by atoms with E-state index in [-0.39, 0.29) is 5.49 Å². The Labute approximate surface area is 56.2 Å². The molecule has 0 spiro atoms. The highest BCUT2D eigenvalue weighted by molar-refractivity contribution is 5.41. The molecule has 1 N–H and O–H groups in total. The molecule has 0 aliphatic carbocycles. The summed E-state index contributed by atoms with van der Waals surface area (Å²) in [5, 5.41) is 7.29. The van der Waals surface area contributed by atoms with Crippen molar-refractivity contribution in [3.63, 3.8) is 0 Å². The summed E-state index contributed by atoms with van der Waals surface area (Å²) in [5.74, 6) is 0. The third kappa shape index (κ3) is 0.556. The third-order valence-corrected chi connectivity index (χ3v) is 1.30. The van der Waals surface area contributed by atoms with Gasteiger partial charge in [-0.15, -0.1) is 0 Å². The van der Waals surface area contributed by atoms with Crippen LogP contribution in [0, 0.1) is 5.41 Å². The lowest BCUT2D eigenvalue weighted by molar-refractivity contribution is 0.345. The van der Waals surface area contributed by atoms with Crippen LogP contribution in [-0.2, 0) is 0 Å². The maximum atomic E-state index is 7.29. The molecule has 0 unspecified atom stereocenters. The number of aromatic nitrogens is 2. The minimum absolute atomic E-state index is 0.233. The molecule has 0 saturated heterocycles. The zero-order chi connectivity index (χ0) is 6.97. The normalized spacial score (nSPS) is 10.4. The summed E-state index contributed by atoms with van der Waals surface area (Å²) >= 11 is 0. The molecule has 4 nitrogen and oxygen atoms in total. The lowest BCUT2D eigenvalue weighted by Gasteiger charge is -1.88. The first-order chi connectivity index (χ1) is 4.88. The largest absolute Gasteiger partial charge is 0.363 e. The van der Waals surface area contributed by atoms with Crippen molar-refractivity contribution in [1.29, 1.82) is 5.41 Å². The molecule has 2 heterocycles. The Bertz CT molecular complexity index is 400. The predicted molar refractivity (Wildman–Crippen MR) is 33.3 cm³/mol. The van der Waals surface area contributed by atoms with Gasteiger partial charge in [0.15, 0.2) is 5.49 Å². The van der Waals surface area contributed by atoms with Crippen LogP contribution in [0.25, 0.3) is 5.52 Å². The molecule has 0 fully saturated rings. The molecule has 2 rings (SSSR count). The summed E-state index contributed by atoms with van der Waals surface area (Å²) in [4.78, 5) is 3.66. The van der Waals surface area contributed by atoms with Gasteiger partial charge in [-0.2, -0.15) is 9.56 Å². The first kappa shape index (κ1) is 5.22. The van der Waals surface area contributed by atoms with E-state index in [1.165, 1.54) is 11.0 Å². The van der Waals surface area contributed by atoms with E-state index < -0.39 is 0 Å². The lowest BCUT2D eigenvalue weighted by atomic mass is 10.5. The average molecular weight is 135 g/mol. The van der Waals surface area contributed by atoms with Crippen molar-refractivity contribution < 1.29 is 4.52 Å². The lowest BCUT2D eigenvalue weighted by Crippen LogP contribution is -2.06. The van der Waals surface area contributed by atoms with E-state index in [1.54, 1.807) is 18.3 Å². The van der Waals surface area contributed by atoms with Crippen LogP contribution in [0.3, 0.4) is 0 Å². The Kier molecular flexibility index (Phi) is 0.887. The standard InChI is InChI=1S/C6H5N3O/c7-6-5-2-1-3-9(5)10-4-8-6/h1-4,7H. The molecule has 0 radical (unpaired) electrons. The monoisotopic (exact) mass is 135 g/mol. The molecule has 0 atom stereocenters. The highest BCUT2D eigenvalue weighted by Crippen LogP contribution is 1.94. The van der Waals surface area contributed by atoms with Gasteiger partial charge in [0.25, 0.3) is 0 Å². The van der Waals surface area contributed by atoms with Gasteiger partial charge >= 0.3 is 0 Å². The topological polar surface area (TPSA) is 54.3 Å². The van der Waals surface area contributed by atoms with Gasteiger partial charge in [-0.05, 0) is 12.1 Å². The van der Waals surface area contributed by atoms with Crippen LogP contribution in [-0.4, -0.2) is 9.56 Å². The van der Waals surface area contributed by atoms with Crippen molar-refractivity contribution in [1.82, 2.24) is 9.56 Å². The molecule has 4 heteroatoms. The molecule has 10 heavy (non-hydrogen) atoms. The molecule has 0 aliphatic rings. The summed E-state index contributed by atoms with van der Waals surface area (Å²) in [6, 6.07) is 3.58. The predicted octanol–water partition coefficient (Wildman–Crippen LogP) is 0.407. The molecular formula is C6H5N3O. The van der Waals surface area contributed by atoms with Crippen LogP contribution in [0.5, 0.6) is 0 Å². The average Bonchev–Trinajstić information content (AvgIpc) is 2.36. The number of nitrogens with one attached hydrogen (secondary N) is 1. The van der Waals surface area contributed by atoms with Crippen LogP contribution in [0.2, 0.25) is 0 Å². The second-order valence-corrected chi connectivity index (χ2v) is 1.91. The number of fused-ring (bicyclic) bond motifs is 1. The first-order valence-corrected chi connectivity index (χ1v) is 2.84. The van der Waals surface area contributed by atoms with Crippen LogP contribution in [0.15, 0.2) is 29.2 Å². The van der Waals surface area contributed by atoms with Gasteiger partial charge in [0.05, 0.1) is 0 Å². The van der Waals surface area contributed by atoms with Crippen molar-refractivity contribution in [2.75, 3.05) is 0 Å². The molecule has 2 aromatic heterocycles. The van der Waals surface area contributed by atoms with Gasteiger partial charge in [0.2, 0.25) is 6.39 Å². The van der Waals surface area contributed by atoms with Crippen LogP contribution in [0.1, 0.15) is 0 Å². The van der Waals surface area contributed by atoms with Crippen molar-refractivity contribution in [3.8, 4) is 0 Å². The summed E-state index contributed by atoms with van der Waals surface area (Å²) in [5.41, 5.74) is 0.916. The molecule has 0 bridgehead atoms. The van der Waals surface area contributed by atoms with E-state index in [9.17, 15) is 0 Å². The summed E-state index contributed by atoms with van der Waals surface area (Å²) in [6.45, 7) is 0. The van der Waals surface area contributed by atoms with E-state index in [0.717, 1.165) is 0 Å². The molecule has 0 amide bonds. The Morgan fingerprint density at radius 2 is 2.50 bits per heavy atom. The molecule has 0 aliphatic heterocycles. The fourth-order valence-electron chi connectivity index (χ4n) is 0.835. The van der Waals surface area contributed by atoms with Gasteiger partial charge in [0.1, 0.15) is 5.52 Å². The van der Waals surface area contributed by atoms with Gasteiger partial charge in [-0.25, -0.2) is 0 Å². The Morgan fingerprint density at radius 3 is 3.30 bits per heavy atom. The van der Waals surface area contributed by atoms with Crippen LogP contribution in [0.4, 0.5) is 0 Å². The van der Waals surface area contributed by atoms with Crippen molar-refractivity contribution in [2.45, 2.75) is 0 Å². The SMILES string of the molecule is N=c1ncon2cccc12. The van der Waals surface area contributed by atoms with Gasteiger partial charge in [-0.3, -0.25) is 5.41 Å². The summed E-state index contributed by atoms with van der Waals surface area (Å²) in [7, 11) is 0. The van der Waals surface area contributed by atoms with Crippen LogP contribution < -0.4 is 5.49 Å². The number of hydrogen-bond acceptors (Lipinski definition) is 3. The fourth-order valence-corrected chi connectivity index (χ4v) is 0.835. The van der Waals surface area contributed by atoms with Crippen molar-refractivity contribution in [3.05, 3.63) is 30.2 Å². The van der Waals surface area contributed by atoms with Gasteiger partial charge in [-0.1, -0.05) is 0 Å². The highest BCUT2D eigenvalue weighted by atomic mass is 16.5. The number of rotatable bonds is 0. The van der Waals surface area contributed by atoms with E-state index >= 15 is 0 Å². The molecule has 0 aromatic carbocycles. The van der Waals surface area contributed by atoms with E-state index in [4.69, 9.17) is 9.93 Å². The molecule has 50 valence electrons. The van der Waals surface area contributed by atoms with E-state index in [2.05, 4.69) is 4.98 Å². The molecule has 0 saturated carbocycles. The van der Waals surface area contributed by atoms with Gasteiger partial charge < -0.3 is 4.52 Å². The highest BCUT2D eigenvalue weighted by Gasteiger charge is 1.92. The molecular weight excluding hydrogens is 130 g/mol. The quantitative estimate of drug-likeness (QED) is 0.568. The van der Waals surface area contributed by atoms with E-state index in [0.29, 0.717) is 5.52 Å². The minimum atomic E-state index is 0.233. The maximum Gasteiger partial charge on any atom is 0.211 e. The second-order valence-electron chi connectivity index (χ2n) is 1.91. The third-order valence-electron chi connectivity index (χ3n) is 1.30.